The second kappa shape index (κ2) is 4.78. The lowest BCUT2D eigenvalue weighted by Gasteiger charge is -2.26. The summed E-state index contributed by atoms with van der Waals surface area (Å²) in [5, 5.41) is 5.66. The van der Waals surface area contributed by atoms with E-state index in [-0.39, 0.29) is 6.17 Å². The van der Waals surface area contributed by atoms with E-state index in [1.54, 1.807) is 0 Å². The van der Waals surface area contributed by atoms with Crippen LogP contribution in [0.1, 0.15) is 12.8 Å². The van der Waals surface area contributed by atoms with E-state index in [0.29, 0.717) is 0 Å². The van der Waals surface area contributed by atoms with Gasteiger partial charge in [0, 0.05) is 5.39 Å². The lowest BCUT2D eigenvalue weighted by molar-refractivity contribution is -0.107. The summed E-state index contributed by atoms with van der Waals surface area (Å²) in [5.74, 6) is 0. The Balaban J connectivity index is 2.08. The summed E-state index contributed by atoms with van der Waals surface area (Å²) in [6.07, 6.45) is 3.21. The van der Waals surface area contributed by atoms with Crippen molar-refractivity contribution in [3.8, 4) is 0 Å². The highest BCUT2D eigenvalue weighted by atomic mass is 16.1. The molecular formula is C15H16N2O. The molecule has 2 aromatic carbocycles. The Morgan fingerprint density at radius 2 is 2.00 bits per heavy atom. The van der Waals surface area contributed by atoms with Gasteiger partial charge in [-0.25, -0.2) is 0 Å². The number of carbonyl (C=O) groups is 1. The van der Waals surface area contributed by atoms with Crippen molar-refractivity contribution in [1.82, 2.24) is 5.32 Å². The number of hydrogen-bond acceptors (Lipinski definition) is 2. The van der Waals surface area contributed by atoms with Crippen molar-refractivity contribution in [2.45, 2.75) is 19.0 Å². The first-order chi connectivity index (χ1) is 8.90. The van der Waals surface area contributed by atoms with Crippen molar-refractivity contribution >= 4 is 22.9 Å². The van der Waals surface area contributed by atoms with Crippen LogP contribution in [-0.2, 0) is 4.79 Å². The van der Waals surface area contributed by atoms with E-state index >= 15 is 0 Å². The molecular weight excluding hydrogens is 224 g/mol. The minimum absolute atomic E-state index is 0.133. The number of hydrogen-bond donors (Lipinski definition) is 1. The van der Waals surface area contributed by atoms with Gasteiger partial charge in [-0.2, -0.15) is 0 Å². The third kappa shape index (κ3) is 1.87. The minimum atomic E-state index is 0.133. The molecule has 1 aliphatic heterocycles. The van der Waals surface area contributed by atoms with E-state index in [1.165, 1.54) is 5.39 Å². The van der Waals surface area contributed by atoms with Crippen molar-refractivity contribution in [3.05, 3.63) is 42.5 Å². The number of anilines is 1. The molecule has 1 aliphatic rings. The quantitative estimate of drug-likeness (QED) is 0.836. The van der Waals surface area contributed by atoms with Crippen molar-refractivity contribution in [2.75, 3.05) is 11.4 Å². The smallest absolute Gasteiger partial charge is 0.215 e. The first kappa shape index (κ1) is 11.2. The zero-order chi connectivity index (χ0) is 12.4. The predicted molar refractivity (Wildman–Crippen MR) is 73.5 cm³/mol. The number of benzene rings is 2. The number of fused-ring (bicyclic) bond motifs is 1. The highest BCUT2D eigenvalue weighted by molar-refractivity contribution is 5.98. The Kier molecular flexibility index (Phi) is 2.99. The van der Waals surface area contributed by atoms with Gasteiger partial charge in [0.2, 0.25) is 6.41 Å². The van der Waals surface area contributed by atoms with E-state index < -0.39 is 0 Å². The maximum atomic E-state index is 11.4. The average Bonchev–Trinajstić information content (AvgIpc) is 2.94. The van der Waals surface area contributed by atoms with E-state index in [9.17, 15) is 4.79 Å². The van der Waals surface area contributed by atoms with Crippen LogP contribution in [0.4, 0.5) is 5.69 Å². The second-order valence-electron chi connectivity index (χ2n) is 4.62. The van der Waals surface area contributed by atoms with Gasteiger partial charge in [-0.05, 0) is 30.8 Å². The van der Waals surface area contributed by atoms with E-state index in [2.05, 4.69) is 23.5 Å². The largest absolute Gasteiger partial charge is 0.298 e. The molecule has 0 spiro atoms. The fourth-order valence-electron chi connectivity index (χ4n) is 2.64. The monoisotopic (exact) mass is 240 g/mol. The maximum Gasteiger partial charge on any atom is 0.215 e. The van der Waals surface area contributed by atoms with Crippen LogP contribution in [0.15, 0.2) is 42.5 Å². The molecule has 3 rings (SSSR count). The Hall–Kier alpha value is -1.87. The maximum absolute atomic E-state index is 11.4. The summed E-state index contributed by atoms with van der Waals surface area (Å²) in [4.78, 5) is 13.2. The first-order valence-corrected chi connectivity index (χ1v) is 6.35. The van der Waals surface area contributed by atoms with Crippen LogP contribution in [0, 0.1) is 0 Å². The zero-order valence-electron chi connectivity index (χ0n) is 10.2. The van der Waals surface area contributed by atoms with Gasteiger partial charge in [0.15, 0.2) is 0 Å². The highest BCUT2D eigenvalue weighted by Gasteiger charge is 2.22. The Morgan fingerprint density at radius 3 is 2.78 bits per heavy atom. The molecule has 0 radical (unpaired) electrons. The van der Waals surface area contributed by atoms with Crippen LogP contribution in [-0.4, -0.2) is 19.1 Å². The molecule has 1 atom stereocenters. The number of rotatable bonds is 3. The summed E-state index contributed by atoms with van der Waals surface area (Å²) in [5.41, 5.74) is 0.988. The molecule has 1 amide bonds. The van der Waals surface area contributed by atoms with Gasteiger partial charge >= 0.3 is 0 Å². The lowest BCUT2D eigenvalue weighted by Crippen LogP contribution is -2.41. The molecule has 0 aliphatic carbocycles. The Morgan fingerprint density at radius 1 is 1.17 bits per heavy atom. The molecule has 2 aromatic rings. The van der Waals surface area contributed by atoms with Crippen LogP contribution < -0.4 is 10.2 Å². The molecule has 0 saturated carbocycles. The van der Waals surface area contributed by atoms with Crippen molar-refractivity contribution in [2.24, 2.45) is 0 Å². The van der Waals surface area contributed by atoms with Crippen molar-refractivity contribution < 1.29 is 4.79 Å². The number of amides is 1. The van der Waals surface area contributed by atoms with Crippen molar-refractivity contribution in [1.29, 1.82) is 0 Å². The Labute approximate surface area is 106 Å². The first-order valence-electron chi connectivity index (χ1n) is 6.35. The lowest BCUT2D eigenvalue weighted by atomic mass is 10.1. The molecule has 1 heterocycles. The van der Waals surface area contributed by atoms with E-state index in [1.807, 2.05) is 29.2 Å². The van der Waals surface area contributed by atoms with Gasteiger partial charge in [0.05, 0.1) is 11.9 Å². The molecule has 3 nitrogen and oxygen atoms in total. The molecule has 1 saturated heterocycles. The summed E-state index contributed by atoms with van der Waals surface area (Å²) in [6, 6.07) is 14.3. The van der Waals surface area contributed by atoms with E-state index in [0.717, 1.165) is 36.9 Å². The highest BCUT2D eigenvalue weighted by Crippen LogP contribution is 2.28. The minimum Gasteiger partial charge on any atom is -0.298 e. The molecule has 1 unspecified atom stereocenters. The molecule has 3 heteroatoms. The van der Waals surface area contributed by atoms with Crippen LogP contribution in [0.5, 0.6) is 0 Å². The van der Waals surface area contributed by atoms with Gasteiger partial charge < -0.3 is 0 Å². The number of nitrogens with zero attached hydrogens (tertiary/aromatic N) is 1. The summed E-state index contributed by atoms with van der Waals surface area (Å²) < 4.78 is 0. The number of nitrogens with one attached hydrogen (secondary N) is 1. The average molecular weight is 240 g/mol. The van der Waals surface area contributed by atoms with E-state index in [4.69, 9.17) is 0 Å². The molecule has 92 valence electrons. The van der Waals surface area contributed by atoms with Crippen LogP contribution >= 0.6 is 0 Å². The number of carbonyl (C=O) groups excluding carboxylic acids is 1. The third-order valence-electron chi connectivity index (χ3n) is 3.53. The summed E-state index contributed by atoms with van der Waals surface area (Å²) >= 11 is 0. The van der Waals surface area contributed by atoms with Gasteiger partial charge in [-0.3, -0.25) is 15.0 Å². The predicted octanol–water partition coefficient (Wildman–Crippen LogP) is 2.51. The van der Waals surface area contributed by atoms with Crippen LogP contribution in [0.25, 0.3) is 10.8 Å². The SMILES string of the molecule is O=CN(c1cccc2ccccc12)C1CCCN1. The topological polar surface area (TPSA) is 32.3 Å². The summed E-state index contributed by atoms with van der Waals surface area (Å²) in [7, 11) is 0. The zero-order valence-corrected chi connectivity index (χ0v) is 10.2. The molecule has 1 N–H and O–H groups in total. The van der Waals surface area contributed by atoms with Crippen molar-refractivity contribution in [3.63, 3.8) is 0 Å². The Bertz CT molecular complexity index is 556. The fraction of sp³-hybridized carbons (Fsp3) is 0.267. The van der Waals surface area contributed by atoms with Crippen LogP contribution in [0.3, 0.4) is 0 Å². The van der Waals surface area contributed by atoms with Crippen LogP contribution in [0.2, 0.25) is 0 Å². The molecule has 1 fully saturated rings. The normalized spacial score (nSPS) is 19.0. The molecule has 18 heavy (non-hydrogen) atoms. The summed E-state index contributed by atoms with van der Waals surface area (Å²) in [6.45, 7) is 0.986. The fourth-order valence-corrected chi connectivity index (χ4v) is 2.64. The third-order valence-corrected chi connectivity index (χ3v) is 3.53. The van der Waals surface area contributed by atoms with Gasteiger partial charge in [-0.1, -0.05) is 36.4 Å². The van der Waals surface area contributed by atoms with Gasteiger partial charge in [0.25, 0.3) is 0 Å². The molecule has 0 aromatic heterocycles. The molecule has 0 bridgehead atoms. The standard InChI is InChI=1S/C15H16N2O/c18-11-17(15-9-4-10-16-15)14-8-3-6-12-5-1-2-7-13(12)14/h1-3,5-8,11,15-16H,4,9-10H2. The van der Waals surface area contributed by atoms with Gasteiger partial charge in [-0.15, -0.1) is 0 Å². The second-order valence-corrected chi connectivity index (χ2v) is 4.62. The van der Waals surface area contributed by atoms with Gasteiger partial charge in [0.1, 0.15) is 0 Å².